The second kappa shape index (κ2) is 3.33. The van der Waals surface area contributed by atoms with Gasteiger partial charge in [-0.3, -0.25) is 0 Å². The van der Waals surface area contributed by atoms with Crippen LogP contribution in [0.25, 0.3) is 21.8 Å². The third-order valence-corrected chi connectivity index (χ3v) is 2.69. The summed E-state index contributed by atoms with van der Waals surface area (Å²) in [5, 5.41) is 2.22. The first-order chi connectivity index (χ1) is 7.90. The summed E-state index contributed by atoms with van der Waals surface area (Å²) in [5.41, 5.74) is 2.56. The number of aromatic nitrogens is 1. The number of hydrogen-bond acceptors (Lipinski definition) is 2. The molecule has 0 unspecified atom stereocenters. The van der Waals surface area contributed by atoms with Crippen molar-refractivity contribution in [2.45, 2.75) is 0 Å². The Bertz CT molecular complexity index is 721. The van der Waals surface area contributed by atoms with E-state index < -0.39 is 0 Å². The smallest absolute Gasteiger partial charge is 0.240 e. The molecule has 0 atom stereocenters. The summed E-state index contributed by atoms with van der Waals surface area (Å²) in [4.78, 5) is 17.3. The standard InChI is InChI=1S/C13H8N2O/c16-8-14-12-7-3-5-10-9-4-1-2-6-11(9)15-13(10)12/h1-7,15H. The van der Waals surface area contributed by atoms with Crippen LogP contribution in [0.2, 0.25) is 0 Å². The van der Waals surface area contributed by atoms with Crippen molar-refractivity contribution in [3.63, 3.8) is 0 Å². The molecule has 1 heterocycles. The van der Waals surface area contributed by atoms with Crippen molar-refractivity contribution < 1.29 is 4.79 Å². The fourth-order valence-corrected chi connectivity index (χ4v) is 2.00. The van der Waals surface area contributed by atoms with E-state index in [9.17, 15) is 4.79 Å². The highest BCUT2D eigenvalue weighted by Crippen LogP contribution is 2.31. The Hall–Kier alpha value is -2.38. The highest BCUT2D eigenvalue weighted by molar-refractivity contribution is 6.10. The number of rotatable bonds is 1. The Labute approximate surface area is 91.4 Å². The van der Waals surface area contributed by atoms with Crippen LogP contribution in [0.1, 0.15) is 0 Å². The van der Waals surface area contributed by atoms with Gasteiger partial charge in [-0.2, -0.15) is 4.99 Å². The summed E-state index contributed by atoms with van der Waals surface area (Å²) in [6.45, 7) is 0. The second-order valence-electron chi connectivity index (χ2n) is 3.57. The average molecular weight is 208 g/mol. The Morgan fingerprint density at radius 1 is 1.00 bits per heavy atom. The van der Waals surface area contributed by atoms with E-state index in [-0.39, 0.29) is 0 Å². The van der Waals surface area contributed by atoms with Crippen LogP contribution >= 0.6 is 0 Å². The van der Waals surface area contributed by atoms with E-state index in [0.29, 0.717) is 5.69 Å². The van der Waals surface area contributed by atoms with Gasteiger partial charge in [0.05, 0.1) is 5.52 Å². The number of aromatic amines is 1. The molecule has 0 fully saturated rings. The van der Waals surface area contributed by atoms with Crippen LogP contribution in [0.15, 0.2) is 47.5 Å². The van der Waals surface area contributed by atoms with E-state index >= 15 is 0 Å². The lowest BCUT2D eigenvalue weighted by atomic mass is 10.1. The topological polar surface area (TPSA) is 45.2 Å². The van der Waals surface area contributed by atoms with Crippen molar-refractivity contribution >= 4 is 33.6 Å². The molecule has 0 aliphatic heterocycles. The molecule has 16 heavy (non-hydrogen) atoms. The zero-order valence-corrected chi connectivity index (χ0v) is 8.40. The van der Waals surface area contributed by atoms with Crippen LogP contribution in [0.3, 0.4) is 0 Å². The summed E-state index contributed by atoms with van der Waals surface area (Å²) in [5.74, 6) is 0. The molecule has 76 valence electrons. The van der Waals surface area contributed by atoms with Gasteiger partial charge in [-0.15, -0.1) is 0 Å². The van der Waals surface area contributed by atoms with E-state index in [1.807, 2.05) is 36.4 Å². The van der Waals surface area contributed by atoms with Crippen molar-refractivity contribution in [1.82, 2.24) is 4.98 Å². The lowest BCUT2D eigenvalue weighted by Gasteiger charge is -1.93. The predicted molar refractivity (Wildman–Crippen MR) is 63.6 cm³/mol. The molecule has 0 spiro atoms. The van der Waals surface area contributed by atoms with Crippen LogP contribution in [-0.2, 0) is 4.79 Å². The number of nitrogens with zero attached hydrogens (tertiary/aromatic N) is 1. The molecule has 0 saturated carbocycles. The molecule has 0 amide bonds. The maximum Gasteiger partial charge on any atom is 0.240 e. The van der Waals surface area contributed by atoms with Crippen LogP contribution in [0, 0.1) is 0 Å². The Morgan fingerprint density at radius 3 is 2.69 bits per heavy atom. The third-order valence-electron chi connectivity index (χ3n) is 2.69. The SMILES string of the molecule is O=C=Nc1cccc2c1[nH]c1ccccc12. The number of fused-ring (bicyclic) bond motifs is 3. The van der Waals surface area contributed by atoms with Crippen molar-refractivity contribution in [2.24, 2.45) is 4.99 Å². The number of aliphatic imine (C=N–C) groups is 1. The molecule has 3 heteroatoms. The predicted octanol–water partition coefficient (Wildman–Crippen LogP) is 3.29. The highest BCUT2D eigenvalue weighted by atomic mass is 16.1. The Balaban J connectivity index is 2.53. The van der Waals surface area contributed by atoms with Crippen molar-refractivity contribution in [3.05, 3.63) is 42.5 Å². The summed E-state index contributed by atoms with van der Waals surface area (Å²) in [6.07, 6.45) is 1.58. The number of nitrogens with one attached hydrogen (secondary N) is 1. The number of benzene rings is 2. The molecule has 1 N–H and O–H groups in total. The maximum absolute atomic E-state index is 10.3. The first-order valence-electron chi connectivity index (χ1n) is 4.97. The fourth-order valence-electron chi connectivity index (χ4n) is 2.00. The van der Waals surface area contributed by atoms with E-state index in [1.54, 1.807) is 12.1 Å². The average Bonchev–Trinajstić information content (AvgIpc) is 2.69. The Morgan fingerprint density at radius 2 is 1.81 bits per heavy atom. The molecule has 0 radical (unpaired) electrons. The van der Waals surface area contributed by atoms with Gasteiger partial charge in [-0.1, -0.05) is 30.3 Å². The van der Waals surface area contributed by atoms with Gasteiger partial charge in [0.25, 0.3) is 0 Å². The molecular weight excluding hydrogens is 200 g/mol. The monoisotopic (exact) mass is 208 g/mol. The quantitative estimate of drug-likeness (QED) is 0.484. The van der Waals surface area contributed by atoms with Gasteiger partial charge in [0.1, 0.15) is 5.69 Å². The summed E-state index contributed by atoms with van der Waals surface area (Å²) in [6, 6.07) is 13.7. The number of hydrogen-bond donors (Lipinski definition) is 1. The molecular formula is C13H8N2O. The van der Waals surface area contributed by atoms with Crippen LogP contribution in [0.4, 0.5) is 5.69 Å². The van der Waals surface area contributed by atoms with Gasteiger partial charge >= 0.3 is 0 Å². The van der Waals surface area contributed by atoms with Crippen molar-refractivity contribution in [1.29, 1.82) is 0 Å². The van der Waals surface area contributed by atoms with Gasteiger partial charge in [0.2, 0.25) is 6.08 Å². The normalized spacial score (nSPS) is 10.5. The van der Waals surface area contributed by atoms with Gasteiger partial charge in [0, 0.05) is 16.3 Å². The van der Waals surface area contributed by atoms with E-state index in [2.05, 4.69) is 9.98 Å². The molecule has 3 aromatic rings. The first kappa shape index (κ1) is 8.89. The van der Waals surface area contributed by atoms with Crippen molar-refractivity contribution in [2.75, 3.05) is 0 Å². The minimum atomic E-state index is 0.628. The molecule has 0 saturated heterocycles. The lowest BCUT2D eigenvalue weighted by molar-refractivity contribution is 0.565. The zero-order valence-electron chi connectivity index (χ0n) is 8.40. The van der Waals surface area contributed by atoms with Gasteiger partial charge < -0.3 is 4.98 Å². The minimum absolute atomic E-state index is 0.628. The zero-order chi connectivity index (χ0) is 11.0. The number of para-hydroxylation sites is 2. The maximum atomic E-state index is 10.3. The molecule has 3 rings (SSSR count). The number of H-pyrrole nitrogens is 1. The molecule has 0 aliphatic carbocycles. The second-order valence-corrected chi connectivity index (χ2v) is 3.57. The largest absolute Gasteiger partial charge is 0.353 e. The van der Waals surface area contributed by atoms with E-state index in [4.69, 9.17) is 0 Å². The van der Waals surface area contributed by atoms with Gasteiger partial charge in [-0.25, -0.2) is 4.79 Å². The summed E-state index contributed by atoms with van der Waals surface area (Å²) < 4.78 is 0. The number of carbonyl (C=O) groups excluding carboxylic acids is 1. The van der Waals surface area contributed by atoms with Gasteiger partial charge in [0.15, 0.2) is 0 Å². The van der Waals surface area contributed by atoms with E-state index in [0.717, 1.165) is 21.8 Å². The molecule has 1 aromatic heterocycles. The molecule has 3 nitrogen and oxygen atoms in total. The van der Waals surface area contributed by atoms with E-state index in [1.165, 1.54) is 0 Å². The summed E-state index contributed by atoms with van der Waals surface area (Å²) in [7, 11) is 0. The minimum Gasteiger partial charge on any atom is -0.353 e. The van der Waals surface area contributed by atoms with Crippen LogP contribution < -0.4 is 0 Å². The molecule has 0 aliphatic rings. The number of isocyanates is 1. The van der Waals surface area contributed by atoms with Crippen LogP contribution in [0.5, 0.6) is 0 Å². The lowest BCUT2D eigenvalue weighted by Crippen LogP contribution is -1.69. The Kier molecular flexibility index (Phi) is 1.85. The molecule has 2 aromatic carbocycles. The fraction of sp³-hybridized carbons (Fsp3) is 0. The first-order valence-corrected chi connectivity index (χ1v) is 4.97. The summed E-state index contributed by atoms with van der Waals surface area (Å²) >= 11 is 0. The highest BCUT2D eigenvalue weighted by Gasteiger charge is 2.06. The van der Waals surface area contributed by atoms with Crippen molar-refractivity contribution in [3.8, 4) is 0 Å². The van der Waals surface area contributed by atoms with Gasteiger partial charge in [-0.05, 0) is 12.1 Å². The van der Waals surface area contributed by atoms with Crippen LogP contribution in [-0.4, -0.2) is 11.1 Å². The molecule has 0 bridgehead atoms. The third kappa shape index (κ3) is 1.16.